The van der Waals surface area contributed by atoms with Gasteiger partial charge in [0.1, 0.15) is 0 Å². The molecular weight excluding hydrogens is 487 g/mol. The minimum Gasteiger partial charge on any atom is -0.357 e. The van der Waals surface area contributed by atoms with Crippen molar-refractivity contribution in [2.24, 2.45) is 4.99 Å². The molecule has 0 bridgehead atoms. The summed E-state index contributed by atoms with van der Waals surface area (Å²) in [5.41, 5.74) is 2.21. The van der Waals surface area contributed by atoms with Crippen molar-refractivity contribution >= 4 is 40.0 Å². The molecule has 0 fully saturated rings. The SMILES string of the molecule is CCNC(=NCCNS(=O)(=O)c1ccc(C)cc1)N(C)Cc1ccccc1.I. The Morgan fingerprint density at radius 2 is 1.71 bits per heavy atom. The second kappa shape index (κ2) is 12.0. The molecule has 2 N–H and O–H groups in total. The van der Waals surface area contributed by atoms with Crippen molar-refractivity contribution in [3.63, 3.8) is 0 Å². The Hall–Kier alpha value is -1.65. The van der Waals surface area contributed by atoms with Crippen molar-refractivity contribution in [1.82, 2.24) is 14.9 Å². The highest BCUT2D eigenvalue weighted by atomic mass is 127. The fourth-order valence-corrected chi connectivity index (χ4v) is 3.57. The van der Waals surface area contributed by atoms with Crippen LogP contribution in [-0.4, -0.2) is 46.0 Å². The van der Waals surface area contributed by atoms with Gasteiger partial charge in [0, 0.05) is 26.7 Å². The zero-order chi connectivity index (χ0) is 19.7. The van der Waals surface area contributed by atoms with E-state index >= 15 is 0 Å². The number of halogens is 1. The number of hydrogen-bond acceptors (Lipinski definition) is 3. The summed E-state index contributed by atoms with van der Waals surface area (Å²) in [7, 11) is -1.55. The van der Waals surface area contributed by atoms with Crippen LogP contribution in [0, 0.1) is 6.92 Å². The van der Waals surface area contributed by atoms with Crippen LogP contribution in [0.15, 0.2) is 64.5 Å². The number of nitrogens with one attached hydrogen (secondary N) is 2. The van der Waals surface area contributed by atoms with E-state index < -0.39 is 10.0 Å². The number of aryl methyl sites for hydroxylation is 1. The number of sulfonamides is 1. The van der Waals surface area contributed by atoms with E-state index in [1.807, 2.05) is 44.0 Å². The van der Waals surface area contributed by atoms with E-state index in [4.69, 9.17) is 0 Å². The largest absolute Gasteiger partial charge is 0.357 e. The van der Waals surface area contributed by atoms with E-state index in [1.54, 1.807) is 24.3 Å². The van der Waals surface area contributed by atoms with Crippen LogP contribution in [-0.2, 0) is 16.6 Å². The number of hydrogen-bond donors (Lipinski definition) is 2. The minimum absolute atomic E-state index is 0. The van der Waals surface area contributed by atoms with Crippen molar-refractivity contribution in [1.29, 1.82) is 0 Å². The van der Waals surface area contributed by atoms with E-state index in [9.17, 15) is 8.42 Å². The molecule has 0 amide bonds. The van der Waals surface area contributed by atoms with E-state index in [0.29, 0.717) is 6.54 Å². The predicted octanol–water partition coefficient (Wildman–Crippen LogP) is 2.99. The van der Waals surface area contributed by atoms with Crippen molar-refractivity contribution in [3.05, 3.63) is 65.7 Å². The summed E-state index contributed by atoms with van der Waals surface area (Å²) < 4.78 is 27.2. The standard InChI is InChI=1S/C20H28N4O2S.HI/c1-4-21-20(24(3)16-18-8-6-5-7-9-18)22-14-15-23-27(25,26)19-12-10-17(2)11-13-19;/h5-13,23H,4,14-16H2,1-3H3,(H,21,22);1H. The predicted molar refractivity (Wildman–Crippen MR) is 126 cm³/mol. The Morgan fingerprint density at radius 3 is 2.32 bits per heavy atom. The van der Waals surface area contributed by atoms with Gasteiger partial charge in [0.05, 0.1) is 11.4 Å². The molecule has 154 valence electrons. The van der Waals surface area contributed by atoms with Crippen molar-refractivity contribution in [3.8, 4) is 0 Å². The van der Waals surface area contributed by atoms with Crippen LogP contribution in [0.25, 0.3) is 0 Å². The van der Waals surface area contributed by atoms with Crippen LogP contribution in [0.3, 0.4) is 0 Å². The molecule has 0 aliphatic heterocycles. The number of nitrogens with zero attached hydrogens (tertiary/aromatic N) is 2. The molecule has 8 heteroatoms. The Bertz CT molecular complexity index is 840. The van der Waals surface area contributed by atoms with Gasteiger partial charge in [-0.3, -0.25) is 4.99 Å². The van der Waals surface area contributed by atoms with Crippen LogP contribution < -0.4 is 10.0 Å². The fraction of sp³-hybridized carbons (Fsp3) is 0.350. The zero-order valence-corrected chi connectivity index (χ0v) is 19.7. The maximum absolute atomic E-state index is 12.3. The molecule has 0 heterocycles. The molecule has 28 heavy (non-hydrogen) atoms. The molecule has 0 radical (unpaired) electrons. The third-order valence-electron chi connectivity index (χ3n) is 3.96. The average molecular weight is 516 g/mol. The van der Waals surface area contributed by atoms with Gasteiger partial charge in [-0.25, -0.2) is 13.1 Å². The van der Waals surface area contributed by atoms with E-state index in [2.05, 4.69) is 27.2 Å². The van der Waals surface area contributed by atoms with Gasteiger partial charge in [-0.1, -0.05) is 48.0 Å². The van der Waals surface area contributed by atoms with Crippen molar-refractivity contribution in [2.75, 3.05) is 26.7 Å². The Labute approximate surface area is 185 Å². The van der Waals surface area contributed by atoms with Gasteiger partial charge < -0.3 is 10.2 Å². The van der Waals surface area contributed by atoms with Crippen LogP contribution in [0.4, 0.5) is 0 Å². The Morgan fingerprint density at radius 1 is 1.07 bits per heavy atom. The van der Waals surface area contributed by atoms with Crippen LogP contribution >= 0.6 is 24.0 Å². The Kier molecular flexibility index (Phi) is 10.5. The van der Waals surface area contributed by atoms with Gasteiger partial charge in [0.2, 0.25) is 10.0 Å². The van der Waals surface area contributed by atoms with E-state index in [0.717, 1.165) is 24.6 Å². The summed E-state index contributed by atoms with van der Waals surface area (Å²) in [6.07, 6.45) is 0. The highest BCUT2D eigenvalue weighted by Crippen LogP contribution is 2.09. The lowest BCUT2D eigenvalue weighted by atomic mass is 10.2. The van der Waals surface area contributed by atoms with E-state index in [1.165, 1.54) is 5.56 Å². The third kappa shape index (κ3) is 7.76. The first-order valence-corrected chi connectivity index (χ1v) is 10.5. The average Bonchev–Trinajstić information content (AvgIpc) is 2.65. The van der Waals surface area contributed by atoms with Gasteiger partial charge in [0.15, 0.2) is 5.96 Å². The Balaban J connectivity index is 0.00000392. The number of benzene rings is 2. The zero-order valence-electron chi connectivity index (χ0n) is 16.6. The first kappa shape index (κ1) is 24.4. The molecule has 0 aliphatic rings. The summed E-state index contributed by atoms with van der Waals surface area (Å²) >= 11 is 0. The van der Waals surface area contributed by atoms with Gasteiger partial charge in [-0.2, -0.15) is 0 Å². The molecular formula is C20H29IN4O2S. The van der Waals surface area contributed by atoms with Gasteiger partial charge in [-0.15, -0.1) is 24.0 Å². The minimum atomic E-state index is -3.51. The van der Waals surface area contributed by atoms with Gasteiger partial charge in [-0.05, 0) is 31.5 Å². The number of rotatable bonds is 8. The normalized spacial score (nSPS) is 11.6. The summed E-state index contributed by atoms with van der Waals surface area (Å²) in [6, 6.07) is 16.9. The molecule has 0 saturated carbocycles. The van der Waals surface area contributed by atoms with Crippen molar-refractivity contribution in [2.45, 2.75) is 25.3 Å². The first-order valence-electron chi connectivity index (χ1n) is 9.02. The topological polar surface area (TPSA) is 73.8 Å². The summed E-state index contributed by atoms with van der Waals surface area (Å²) in [5, 5.41) is 3.24. The fourth-order valence-electron chi connectivity index (χ4n) is 2.54. The summed E-state index contributed by atoms with van der Waals surface area (Å²) in [5.74, 6) is 0.746. The van der Waals surface area contributed by atoms with Gasteiger partial charge in [0.25, 0.3) is 0 Å². The molecule has 0 saturated heterocycles. The molecule has 0 spiro atoms. The van der Waals surface area contributed by atoms with Crippen LogP contribution in [0.2, 0.25) is 0 Å². The highest BCUT2D eigenvalue weighted by Gasteiger charge is 2.13. The van der Waals surface area contributed by atoms with Crippen molar-refractivity contribution < 1.29 is 8.42 Å². The first-order chi connectivity index (χ1) is 12.9. The second-order valence-corrected chi connectivity index (χ2v) is 8.06. The molecule has 2 aromatic rings. The molecule has 0 aromatic heterocycles. The van der Waals surface area contributed by atoms with Crippen LogP contribution in [0.5, 0.6) is 0 Å². The smallest absolute Gasteiger partial charge is 0.240 e. The quantitative estimate of drug-likeness (QED) is 0.245. The molecule has 6 nitrogen and oxygen atoms in total. The highest BCUT2D eigenvalue weighted by molar-refractivity contribution is 14.0. The molecule has 2 aromatic carbocycles. The third-order valence-corrected chi connectivity index (χ3v) is 5.43. The number of aliphatic imine (C=N–C) groups is 1. The molecule has 0 atom stereocenters. The maximum atomic E-state index is 12.3. The monoisotopic (exact) mass is 516 g/mol. The van der Waals surface area contributed by atoms with E-state index in [-0.39, 0.29) is 35.4 Å². The lowest BCUT2D eigenvalue weighted by molar-refractivity contribution is 0.477. The lowest BCUT2D eigenvalue weighted by Crippen LogP contribution is -2.39. The lowest BCUT2D eigenvalue weighted by Gasteiger charge is -2.22. The molecule has 0 aliphatic carbocycles. The maximum Gasteiger partial charge on any atom is 0.240 e. The molecule has 2 rings (SSSR count). The van der Waals surface area contributed by atoms with Gasteiger partial charge >= 0.3 is 0 Å². The summed E-state index contributed by atoms with van der Waals surface area (Å²) in [6.45, 7) is 5.99. The second-order valence-electron chi connectivity index (χ2n) is 6.29. The van der Waals surface area contributed by atoms with Crippen LogP contribution in [0.1, 0.15) is 18.1 Å². The number of guanidine groups is 1. The molecule has 0 unspecified atom stereocenters. The summed E-state index contributed by atoms with van der Waals surface area (Å²) in [4.78, 5) is 6.81.